The average Bonchev–Trinajstić information content (AvgIpc) is 2.80. The summed E-state index contributed by atoms with van der Waals surface area (Å²) >= 11 is 3.03. The van der Waals surface area contributed by atoms with E-state index in [1.54, 1.807) is 11.8 Å². The minimum Gasteiger partial charge on any atom is -0.492 e. The van der Waals surface area contributed by atoms with Crippen molar-refractivity contribution in [1.29, 1.82) is 0 Å². The van der Waals surface area contributed by atoms with E-state index in [0.717, 1.165) is 15.8 Å². The lowest BCUT2D eigenvalue weighted by Gasteiger charge is -2.14. The first-order valence-corrected chi connectivity index (χ1v) is 8.31. The molecule has 0 aliphatic heterocycles. The van der Waals surface area contributed by atoms with Crippen LogP contribution in [0.2, 0.25) is 0 Å². The van der Waals surface area contributed by atoms with Crippen LogP contribution in [0.5, 0.6) is 5.75 Å². The molecule has 0 saturated carbocycles. The van der Waals surface area contributed by atoms with E-state index < -0.39 is 0 Å². The highest BCUT2D eigenvalue weighted by atomic mass is 32.2. The van der Waals surface area contributed by atoms with Gasteiger partial charge >= 0.3 is 0 Å². The molecule has 0 atom stereocenters. The molecule has 108 valence electrons. The Labute approximate surface area is 127 Å². The van der Waals surface area contributed by atoms with Gasteiger partial charge in [0.05, 0.1) is 6.61 Å². The predicted octanol–water partition coefficient (Wildman–Crippen LogP) is 3.72. The van der Waals surface area contributed by atoms with Gasteiger partial charge in [-0.2, -0.15) is 0 Å². The second kappa shape index (κ2) is 6.95. The third-order valence-corrected chi connectivity index (χ3v) is 4.63. The number of hydrogen-bond donors (Lipinski definition) is 1. The molecule has 2 aromatic rings. The second-order valence-electron chi connectivity index (χ2n) is 4.80. The average molecular weight is 309 g/mol. The number of aryl methyl sites for hydroxylation is 1. The molecule has 6 heteroatoms. The molecular weight excluding hydrogens is 290 g/mol. The van der Waals surface area contributed by atoms with Crippen molar-refractivity contribution in [3.05, 3.63) is 29.3 Å². The van der Waals surface area contributed by atoms with Crippen LogP contribution in [0.25, 0.3) is 0 Å². The van der Waals surface area contributed by atoms with Crippen LogP contribution in [0.15, 0.2) is 22.5 Å². The smallest absolute Gasteiger partial charge is 0.203 e. The van der Waals surface area contributed by atoms with E-state index in [-0.39, 0.29) is 0 Å². The normalized spacial score (nSPS) is 11.0. The molecule has 0 unspecified atom stereocenters. The number of nitrogens with zero attached hydrogens (tertiary/aromatic N) is 2. The van der Waals surface area contributed by atoms with Gasteiger partial charge in [0.2, 0.25) is 5.13 Å². The van der Waals surface area contributed by atoms with Gasteiger partial charge in [-0.15, -0.1) is 10.2 Å². The highest BCUT2D eigenvalue weighted by Crippen LogP contribution is 2.28. The van der Waals surface area contributed by atoms with Crippen molar-refractivity contribution in [3.8, 4) is 5.75 Å². The van der Waals surface area contributed by atoms with Crippen molar-refractivity contribution in [3.63, 3.8) is 0 Å². The predicted molar refractivity (Wildman–Crippen MR) is 85.8 cm³/mol. The van der Waals surface area contributed by atoms with E-state index in [9.17, 15) is 0 Å². The van der Waals surface area contributed by atoms with Crippen molar-refractivity contribution < 1.29 is 4.74 Å². The summed E-state index contributed by atoms with van der Waals surface area (Å²) in [4.78, 5) is 0. The van der Waals surface area contributed by atoms with Crippen molar-refractivity contribution in [2.45, 2.75) is 31.0 Å². The van der Waals surface area contributed by atoms with Gasteiger partial charge < -0.3 is 10.5 Å². The van der Waals surface area contributed by atoms with Crippen LogP contribution in [0.4, 0.5) is 5.13 Å². The van der Waals surface area contributed by atoms with E-state index in [1.165, 1.54) is 22.5 Å². The van der Waals surface area contributed by atoms with E-state index in [2.05, 4.69) is 49.2 Å². The van der Waals surface area contributed by atoms with E-state index >= 15 is 0 Å². The maximum Gasteiger partial charge on any atom is 0.203 e. The fourth-order valence-electron chi connectivity index (χ4n) is 1.80. The van der Waals surface area contributed by atoms with Crippen LogP contribution in [-0.2, 0) is 0 Å². The lowest BCUT2D eigenvalue weighted by atomic mass is 10.0. The molecule has 20 heavy (non-hydrogen) atoms. The SMILES string of the molecule is Cc1ccc(C(C)C)c(OCCSc2nnc(N)s2)c1. The van der Waals surface area contributed by atoms with Gasteiger partial charge in [-0.3, -0.25) is 0 Å². The third kappa shape index (κ3) is 4.11. The number of benzene rings is 1. The maximum atomic E-state index is 5.91. The van der Waals surface area contributed by atoms with Gasteiger partial charge in [0.25, 0.3) is 0 Å². The molecule has 0 spiro atoms. The van der Waals surface area contributed by atoms with Crippen LogP contribution in [0.1, 0.15) is 30.9 Å². The molecular formula is C14H19N3OS2. The molecule has 0 amide bonds. The molecule has 1 heterocycles. The zero-order valence-electron chi connectivity index (χ0n) is 11.9. The van der Waals surface area contributed by atoms with Gasteiger partial charge in [-0.05, 0) is 30.0 Å². The van der Waals surface area contributed by atoms with Gasteiger partial charge in [0.15, 0.2) is 4.34 Å². The standard InChI is InChI=1S/C14H19N3OS2/c1-9(2)11-5-4-10(3)8-12(11)18-6-7-19-14-17-16-13(15)20-14/h4-5,8-9H,6-7H2,1-3H3,(H2,15,16). The lowest BCUT2D eigenvalue weighted by Crippen LogP contribution is -2.03. The first-order valence-electron chi connectivity index (χ1n) is 6.51. The molecule has 1 aromatic heterocycles. The number of anilines is 1. The largest absolute Gasteiger partial charge is 0.492 e. The zero-order chi connectivity index (χ0) is 14.5. The van der Waals surface area contributed by atoms with Crippen molar-refractivity contribution >= 4 is 28.2 Å². The molecule has 0 fully saturated rings. The number of nitrogens with two attached hydrogens (primary N) is 1. The summed E-state index contributed by atoms with van der Waals surface area (Å²) in [5.41, 5.74) is 8.01. The van der Waals surface area contributed by atoms with Crippen LogP contribution in [-0.4, -0.2) is 22.6 Å². The summed E-state index contributed by atoms with van der Waals surface area (Å²) in [6, 6.07) is 6.37. The first kappa shape index (κ1) is 15.1. The molecule has 0 saturated heterocycles. The number of nitrogen functional groups attached to an aromatic ring is 1. The van der Waals surface area contributed by atoms with Gasteiger partial charge in [-0.1, -0.05) is 49.1 Å². The summed E-state index contributed by atoms with van der Waals surface area (Å²) in [5.74, 6) is 2.28. The van der Waals surface area contributed by atoms with Crippen LogP contribution >= 0.6 is 23.1 Å². The van der Waals surface area contributed by atoms with Crippen molar-refractivity contribution in [2.24, 2.45) is 0 Å². The van der Waals surface area contributed by atoms with Crippen molar-refractivity contribution in [1.82, 2.24) is 10.2 Å². The number of thioether (sulfide) groups is 1. The fourth-order valence-corrected chi connectivity index (χ4v) is 3.33. The van der Waals surface area contributed by atoms with Crippen molar-refractivity contribution in [2.75, 3.05) is 18.1 Å². The summed E-state index contributed by atoms with van der Waals surface area (Å²) in [5, 5.41) is 8.27. The molecule has 2 rings (SSSR count). The Balaban J connectivity index is 1.89. The van der Waals surface area contributed by atoms with Gasteiger partial charge in [0.1, 0.15) is 5.75 Å². The van der Waals surface area contributed by atoms with Crippen LogP contribution in [0, 0.1) is 6.92 Å². The van der Waals surface area contributed by atoms with Gasteiger partial charge in [0, 0.05) is 5.75 Å². The number of aromatic nitrogens is 2. The Hall–Kier alpha value is -1.27. The molecule has 2 N–H and O–H groups in total. The Morgan fingerprint density at radius 3 is 2.80 bits per heavy atom. The van der Waals surface area contributed by atoms with E-state index in [4.69, 9.17) is 10.5 Å². The number of rotatable bonds is 6. The minimum atomic E-state index is 0.459. The Kier molecular flexibility index (Phi) is 5.25. The lowest BCUT2D eigenvalue weighted by molar-refractivity contribution is 0.338. The monoisotopic (exact) mass is 309 g/mol. The zero-order valence-corrected chi connectivity index (χ0v) is 13.6. The molecule has 4 nitrogen and oxygen atoms in total. The highest BCUT2D eigenvalue weighted by Gasteiger charge is 2.08. The molecule has 0 bridgehead atoms. The van der Waals surface area contributed by atoms with Gasteiger partial charge in [-0.25, -0.2) is 0 Å². The third-order valence-electron chi connectivity index (χ3n) is 2.78. The molecule has 1 aromatic carbocycles. The fraction of sp³-hybridized carbons (Fsp3) is 0.429. The highest BCUT2D eigenvalue weighted by molar-refractivity contribution is 8.01. The first-order chi connectivity index (χ1) is 9.56. The van der Waals surface area contributed by atoms with E-state index in [0.29, 0.717) is 17.7 Å². The van der Waals surface area contributed by atoms with Crippen LogP contribution in [0.3, 0.4) is 0 Å². The Bertz CT molecular complexity index is 569. The summed E-state index contributed by atoms with van der Waals surface area (Å²) < 4.78 is 6.80. The second-order valence-corrected chi connectivity index (χ2v) is 7.15. The summed E-state index contributed by atoms with van der Waals surface area (Å²) in [7, 11) is 0. The number of hydrogen-bond acceptors (Lipinski definition) is 6. The summed E-state index contributed by atoms with van der Waals surface area (Å²) in [6.07, 6.45) is 0. The molecule has 0 aliphatic rings. The Morgan fingerprint density at radius 2 is 2.15 bits per heavy atom. The molecule has 0 radical (unpaired) electrons. The van der Waals surface area contributed by atoms with E-state index in [1.807, 2.05) is 0 Å². The number of ether oxygens (including phenoxy) is 1. The summed E-state index contributed by atoms with van der Waals surface area (Å²) in [6.45, 7) is 7.08. The maximum absolute atomic E-state index is 5.91. The van der Waals surface area contributed by atoms with Crippen LogP contribution < -0.4 is 10.5 Å². The molecule has 0 aliphatic carbocycles. The topological polar surface area (TPSA) is 61.0 Å². The quantitative estimate of drug-likeness (QED) is 0.651. The minimum absolute atomic E-state index is 0.459. The Morgan fingerprint density at radius 1 is 1.35 bits per heavy atom.